The molecule has 2 aromatic rings. The van der Waals surface area contributed by atoms with Crippen molar-refractivity contribution in [1.82, 2.24) is 10.2 Å². The quantitative estimate of drug-likeness (QED) is 0.359. The minimum atomic E-state index is -1.31. The van der Waals surface area contributed by atoms with Gasteiger partial charge in [0.2, 0.25) is 11.8 Å². The van der Waals surface area contributed by atoms with Crippen LogP contribution in [0, 0.1) is 32.1 Å². The standard InChI is InChI=1S/C29H36ClN5O5/c1-17-10-11-20(16-19(17)3)25(26(37)34-24-18(2)8-7-9-21(24)30)35(15-14-31)27(38)22(12-13-23(32)36)33-28(39)40-29(4,5)6/h7-11,16,22,25H,12-13,15H2,1-6H3,(H2,32,36)(H,33,39)(H,34,37). The van der Waals surface area contributed by atoms with E-state index in [0.29, 0.717) is 21.8 Å². The number of amides is 4. The number of anilines is 1. The largest absolute Gasteiger partial charge is 0.444 e. The molecule has 0 aliphatic carbocycles. The van der Waals surface area contributed by atoms with Gasteiger partial charge in [0.15, 0.2) is 0 Å². The first-order valence-corrected chi connectivity index (χ1v) is 13.1. The second kappa shape index (κ2) is 13.8. The molecule has 2 rings (SSSR count). The monoisotopic (exact) mass is 569 g/mol. The van der Waals surface area contributed by atoms with Gasteiger partial charge in [0.25, 0.3) is 5.91 Å². The summed E-state index contributed by atoms with van der Waals surface area (Å²) in [5.41, 5.74) is 7.80. The Morgan fingerprint density at radius 3 is 2.30 bits per heavy atom. The van der Waals surface area contributed by atoms with Gasteiger partial charge in [-0.3, -0.25) is 14.4 Å². The van der Waals surface area contributed by atoms with Crippen LogP contribution in [0.15, 0.2) is 36.4 Å². The number of alkyl carbamates (subject to hydrolysis) is 1. The molecule has 0 fully saturated rings. The molecule has 2 atom stereocenters. The van der Waals surface area contributed by atoms with E-state index >= 15 is 0 Å². The molecule has 0 bridgehead atoms. The molecule has 0 saturated heterocycles. The Bertz CT molecular complexity index is 1290. The van der Waals surface area contributed by atoms with Gasteiger partial charge < -0.3 is 26.0 Å². The summed E-state index contributed by atoms with van der Waals surface area (Å²) >= 11 is 6.35. The number of para-hydroxylation sites is 1. The van der Waals surface area contributed by atoms with Crippen LogP contribution < -0.4 is 16.4 Å². The molecule has 0 aromatic heterocycles. The summed E-state index contributed by atoms with van der Waals surface area (Å²) in [7, 11) is 0. The van der Waals surface area contributed by atoms with Crippen LogP contribution in [-0.4, -0.2) is 46.9 Å². The number of nitrogens with zero attached hydrogens (tertiary/aromatic N) is 2. The Morgan fingerprint density at radius 2 is 1.75 bits per heavy atom. The maximum atomic E-state index is 14.0. The summed E-state index contributed by atoms with van der Waals surface area (Å²) in [5.74, 6) is -2.06. The fourth-order valence-corrected chi connectivity index (χ4v) is 4.22. The number of halogens is 1. The van der Waals surface area contributed by atoms with E-state index in [0.717, 1.165) is 16.0 Å². The fourth-order valence-electron chi connectivity index (χ4n) is 3.96. The van der Waals surface area contributed by atoms with E-state index < -0.39 is 48.0 Å². The minimum Gasteiger partial charge on any atom is -0.444 e. The molecule has 0 radical (unpaired) electrons. The van der Waals surface area contributed by atoms with E-state index in [-0.39, 0.29) is 12.8 Å². The van der Waals surface area contributed by atoms with Crippen molar-refractivity contribution >= 4 is 41.1 Å². The van der Waals surface area contributed by atoms with Gasteiger partial charge in [0, 0.05) is 6.42 Å². The predicted octanol–water partition coefficient (Wildman–Crippen LogP) is 4.46. The number of nitrogens with one attached hydrogen (secondary N) is 2. The number of hydrogen-bond acceptors (Lipinski definition) is 6. The fraction of sp³-hybridized carbons (Fsp3) is 0.414. The number of nitriles is 1. The molecule has 2 unspecified atom stereocenters. The molecular weight excluding hydrogens is 534 g/mol. The normalized spacial score (nSPS) is 12.4. The number of hydrogen-bond donors (Lipinski definition) is 3. The second-order valence-electron chi connectivity index (χ2n) is 10.5. The lowest BCUT2D eigenvalue weighted by Crippen LogP contribution is -2.52. The van der Waals surface area contributed by atoms with Gasteiger partial charge in [0.05, 0.1) is 16.8 Å². The molecule has 2 aromatic carbocycles. The first-order chi connectivity index (χ1) is 18.6. The second-order valence-corrected chi connectivity index (χ2v) is 10.9. The van der Waals surface area contributed by atoms with Gasteiger partial charge in [-0.2, -0.15) is 5.26 Å². The Labute approximate surface area is 239 Å². The van der Waals surface area contributed by atoms with Gasteiger partial charge in [0.1, 0.15) is 24.2 Å². The number of aryl methyl sites for hydroxylation is 3. The van der Waals surface area contributed by atoms with Crippen molar-refractivity contribution in [1.29, 1.82) is 5.26 Å². The molecule has 0 saturated carbocycles. The van der Waals surface area contributed by atoms with Gasteiger partial charge in [-0.1, -0.05) is 41.9 Å². The van der Waals surface area contributed by atoms with Crippen LogP contribution in [0.3, 0.4) is 0 Å². The van der Waals surface area contributed by atoms with Crippen molar-refractivity contribution in [2.75, 3.05) is 11.9 Å². The van der Waals surface area contributed by atoms with Crippen molar-refractivity contribution in [3.05, 3.63) is 63.7 Å². The zero-order valence-corrected chi connectivity index (χ0v) is 24.4. The van der Waals surface area contributed by atoms with E-state index in [2.05, 4.69) is 10.6 Å². The van der Waals surface area contributed by atoms with Crippen molar-refractivity contribution in [3.8, 4) is 6.07 Å². The van der Waals surface area contributed by atoms with Gasteiger partial charge >= 0.3 is 6.09 Å². The molecule has 11 heteroatoms. The topological polar surface area (TPSA) is 155 Å². The molecule has 4 N–H and O–H groups in total. The summed E-state index contributed by atoms with van der Waals surface area (Å²) in [6, 6.07) is 9.76. The summed E-state index contributed by atoms with van der Waals surface area (Å²) in [6.07, 6.45) is -1.29. The molecule has 214 valence electrons. The van der Waals surface area contributed by atoms with E-state index in [1.54, 1.807) is 58.0 Å². The molecule has 0 heterocycles. The van der Waals surface area contributed by atoms with E-state index in [4.69, 9.17) is 22.1 Å². The van der Waals surface area contributed by atoms with Crippen molar-refractivity contribution in [2.24, 2.45) is 5.73 Å². The van der Waals surface area contributed by atoms with Crippen molar-refractivity contribution in [3.63, 3.8) is 0 Å². The zero-order chi connectivity index (χ0) is 30.2. The number of nitrogens with two attached hydrogens (primary N) is 1. The highest BCUT2D eigenvalue weighted by molar-refractivity contribution is 6.34. The first-order valence-electron chi connectivity index (χ1n) is 12.7. The Hall–Kier alpha value is -4.10. The number of carbonyl (C=O) groups is 4. The highest BCUT2D eigenvalue weighted by atomic mass is 35.5. The average Bonchev–Trinajstić information content (AvgIpc) is 2.84. The summed E-state index contributed by atoms with van der Waals surface area (Å²) < 4.78 is 5.30. The summed E-state index contributed by atoms with van der Waals surface area (Å²) in [5, 5.41) is 15.3. The lowest BCUT2D eigenvalue weighted by molar-refractivity contribution is -0.140. The molecular formula is C29H36ClN5O5. The van der Waals surface area contributed by atoms with Crippen LogP contribution >= 0.6 is 11.6 Å². The SMILES string of the molecule is Cc1ccc(C(C(=O)Nc2c(C)cccc2Cl)N(CC#N)C(=O)C(CCC(N)=O)NC(=O)OC(C)(C)C)cc1C. The van der Waals surface area contributed by atoms with Crippen LogP contribution in [0.5, 0.6) is 0 Å². The molecule has 10 nitrogen and oxygen atoms in total. The van der Waals surface area contributed by atoms with Crippen LogP contribution in [0.25, 0.3) is 0 Å². The molecule has 0 spiro atoms. The van der Waals surface area contributed by atoms with E-state index in [9.17, 15) is 24.4 Å². The molecule has 4 amide bonds. The summed E-state index contributed by atoms with van der Waals surface area (Å²) in [4.78, 5) is 53.0. The number of primary amides is 1. The van der Waals surface area contributed by atoms with Gasteiger partial charge in [-0.15, -0.1) is 0 Å². The molecule has 40 heavy (non-hydrogen) atoms. The highest BCUT2D eigenvalue weighted by Gasteiger charge is 2.37. The Morgan fingerprint density at radius 1 is 1.07 bits per heavy atom. The number of ether oxygens (including phenoxy) is 1. The molecule has 0 aliphatic heterocycles. The third-order valence-corrected chi connectivity index (χ3v) is 6.38. The van der Waals surface area contributed by atoms with E-state index in [1.165, 1.54) is 0 Å². The lowest BCUT2D eigenvalue weighted by Gasteiger charge is -2.33. The predicted molar refractivity (Wildman–Crippen MR) is 152 cm³/mol. The lowest BCUT2D eigenvalue weighted by atomic mass is 9.97. The Balaban J connectivity index is 2.59. The third-order valence-electron chi connectivity index (χ3n) is 6.07. The number of carbonyl (C=O) groups excluding carboxylic acids is 4. The van der Waals surface area contributed by atoms with Crippen LogP contribution in [0.1, 0.15) is 61.9 Å². The first kappa shape index (κ1) is 32.1. The maximum absolute atomic E-state index is 14.0. The van der Waals surface area contributed by atoms with Crippen LogP contribution in [0.2, 0.25) is 5.02 Å². The summed E-state index contributed by atoms with van der Waals surface area (Å²) in [6.45, 7) is 10.0. The van der Waals surface area contributed by atoms with Crippen LogP contribution in [-0.2, 0) is 19.1 Å². The number of benzene rings is 2. The third kappa shape index (κ3) is 8.99. The molecule has 0 aliphatic rings. The minimum absolute atomic E-state index is 0.166. The Kier molecular flexibility index (Phi) is 11.1. The number of rotatable bonds is 10. The maximum Gasteiger partial charge on any atom is 0.408 e. The van der Waals surface area contributed by atoms with E-state index in [1.807, 2.05) is 26.0 Å². The zero-order valence-electron chi connectivity index (χ0n) is 23.6. The van der Waals surface area contributed by atoms with Gasteiger partial charge in [-0.25, -0.2) is 4.79 Å². The highest BCUT2D eigenvalue weighted by Crippen LogP contribution is 2.30. The van der Waals surface area contributed by atoms with Crippen molar-refractivity contribution in [2.45, 2.75) is 72.1 Å². The smallest absolute Gasteiger partial charge is 0.408 e. The van der Waals surface area contributed by atoms with Crippen LogP contribution in [0.4, 0.5) is 10.5 Å². The van der Waals surface area contributed by atoms with Crippen molar-refractivity contribution < 1.29 is 23.9 Å². The van der Waals surface area contributed by atoms with Gasteiger partial charge in [-0.05, 0) is 76.3 Å². The average molecular weight is 570 g/mol.